The van der Waals surface area contributed by atoms with Crippen LogP contribution in [0.1, 0.15) is 37.3 Å². The maximum absolute atomic E-state index is 14.0. The lowest BCUT2D eigenvalue weighted by atomic mass is 10.1. The van der Waals surface area contributed by atoms with Crippen molar-refractivity contribution in [3.8, 4) is 11.4 Å². The molecule has 14 nitrogen and oxygen atoms in total. The predicted molar refractivity (Wildman–Crippen MR) is 184 cm³/mol. The third kappa shape index (κ3) is 6.69. The highest BCUT2D eigenvalue weighted by Crippen LogP contribution is 2.36. The summed E-state index contributed by atoms with van der Waals surface area (Å²) in [6, 6.07) is 33.1. The van der Waals surface area contributed by atoms with Gasteiger partial charge in [-0.1, -0.05) is 84.9 Å². The molecule has 0 aliphatic carbocycles. The summed E-state index contributed by atoms with van der Waals surface area (Å²) >= 11 is 0. The number of carbonyl (C=O) groups excluding carboxylic acids is 3. The van der Waals surface area contributed by atoms with E-state index >= 15 is 0 Å². The summed E-state index contributed by atoms with van der Waals surface area (Å²) in [5, 5.41) is 8.42. The summed E-state index contributed by atoms with van der Waals surface area (Å²) in [6.45, 7) is -0.489. The van der Waals surface area contributed by atoms with Gasteiger partial charge in [-0.3, -0.25) is 9.36 Å². The summed E-state index contributed by atoms with van der Waals surface area (Å²) < 4.78 is 25.7. The van der Waals surface area contributed by atoms with Crippen molar-refractivity contribution in [3.05, 3.63) is 159 Å². The van der Waals surface area contributed by atoms with Crippen molar-refractivity contribution < 1.29 is 33.3 Å². The van der Waals surface area contributed by atoms with Gasteiger partial charge in [0.2, 0.25) is 0 Å². The zero-order valence-electron chi connectivity index (χ0n) is 27.5. The summed E-state index contributed by atoms with van der Waals surface area (Å²) in [7, 11) is 1.25. The lowest BCUT2D eigenvalue weighted by Crippen LogP contribution is -2.45. The topological polar surface area (TPSA) is 171 Å². The second kappa shape index (κ2) is 14.6. The van der Waals surface area contributed by atoms with Crippen LogP contribution in [-0.4, -0.2) is 67.1 Å². The van der Waals surface area contributed by atoms with Crippen molar-refractivity contribution in [3.63, 3.8) is 0 Å². The highest BCUT2D eigenvalue weighted by molar-refractivity contribution is 5.91. The smallest absolute Gasteiger partial charge is 0.338 e. The second-order valence-corrected chi connectivity index (χ2v) is 11.7. The molecule has 1 aliphatic heterocycles. The van der Waals surface area contributed by atoms with Crippen molar-refractivity contribution in [1.82, 2.24) is 24.3 Å². The monoisotopic (exact) mass is 699 g/mol. The predicted octanol–water partition coefficient (Wildman–Crippen LogP) is 3.76. The van der Waals surface area contributed by atoms with E-state index in [9.17, 15) is 24.0 Å². The molecular weight excluding hydrogens is 670 g/mol. The van der Waals surface area contributed by atoms with E-state index in [0.29, 0.717) is 5.56 Å². The molecule has 3 heterocycles. The van der Waals surface area contributed by atoms with Gasteiger partial charge in [-0.2, -0.15) is 0 Å². The van der Waals surface area contributed by atoms with Crippen LogP contribution in [0.3, 0.4) is 0 Å². The number of ether oxygens (including phenoxy) is 4. The Morgan fingerprint density at radius 3 is 1.73 bits per heavy atom. The van der Waals surface area contributed by atoms with E-state index in [4.69, 9.17) is 18.9 Å². The Kier molecular flexibility index (Phi) is 9.45. The van der Waals surface area contributed by atoms with Crippen molar-refractivity contribution >= 4 is 29.1 Å². The average molecular weight is 700 g/mol. The van der Waals surface area contributed by atoms with Crippen LogP contribution < -0.4 is 11.2 Å². The number of nitrogens with zero attached hydrogens (tertiary/aromatic N) is 5. The number of hydrogen-bond donors (Lipinski definition) is 0. The Labute approximate surface area is 294 Å². The van der Waals surface area contributed by atoms with Gasteiger partial charge in [-0.15, -0.1) is 10.2 Å². The van der Waals surface area contributed by atoms with Gasteiger partial charge in [-0.25, -0.2) is 28.7 Å². The third-order valence-corrected chi connectivity index (χ3v) is 8.36. The molecule has 1 aliphatic rings. The summed E-state index contributed by atoms with van der Waals surface area (Å²) in [6.07, 6.45) is -5.86. The van der Waals surface area contributed by atoms with Crippen LogP contribution >= 0.6 is 0 Å². The molecule has 0 N–H and O–H groups in total. The van der Waals surface area contributed by atoms with E-state index < -0.39 is 60.3 Å². The quantitative estimate of drug-likeness (QED) is 0.158. The first-order chi connectivity index (χ1) is 25.3. The molecule has 0 radical (unpaired) electrons. The number of hydrogen-bond acceptors (Lipinski definition) is 12. The largest absolute Gasteiger partial charge is 0.459 e. The first-order valence-corrected chi connectivity index (χ1v) is 16.1. The fourth-order valence-electron chi connectivity index (χ4n) is 5.73. The van der Waals surface area contributed by atoms with Gasteiger partial charge in [0.1, 0.15) is 12.7 Å². The standard InChI is InChI=1S/C38H29N5O9/c1-42-33(44)28-32(41-40-31(39-28)23-14-6-2-7-15-23)43(38(42)48)34-30(52-37(47)26-20-12-5-13-21-26)29(51-36(46)25-18-10-4-11-19-25)27(50-34)22-49-35(45)24-16-8-3-9-17-24/h2-21,27,29-30,34H,22H2,1H3/t27-,29-,30-,34-/m1/s1. The molecule has 0 unspecified atom stereocenters. The van der Waals surface area contributed by atoms with Crippen LogP contribution in [0.4, 0.5) is 0 Å². The van der Waals surface area contributed by atoms with Crippen molar-refractivity contribution in [2.75, 3.05) is 6.61 Å². The number of esters is 3. The molecular formula is C38H29N5O9. The molecule has 52 heavy (non-hydrogen) atoms. The van der Waals surface area contributed by atoms with Crippen LogP contribution in [0.25, 0.3) is 22.6 Å². The van der Waals surface area contributed by atoms with Crippen LogP contribution in [0.2, 0.25) is 0 Å². The third-order valence-electron chi connectivity index (χ3n) is 8.36. The van der Waals surface area contributed by atoms with Crippen molar-refractivity contribution in [1.29, 1.82) is 0 Å². The van der Waals surface area contributed by atoms with Gasteiger partial charge in [-0.05, 0) is 36.4 Å². The number of rotatable bonds is 9. The van der Waals surface area contributed by atoms with E-state index in [1.54, 1.807) is 97.1 Å². The van der Waals surface area contributed by atoms with Gasteiger partial charge in [0.05, 0.1) is 16.7 Å². The van der Waals surface area contributed by atoms with Crippen LogP contribution in [0.5, 0.6) is 0 Å². The van der Waals surface area contributed by atoms with Gasteiger partial charge in [0, 0.05) is 12.6 Å². The fraction of sp³-hybridized carbons (Fsp3) is 0.158. The lowest BCUT2D eigenvalue weighted by Gasteiger charge is -2.25. The number of carbonyl (C=O) groups is 3. The SMILES string of the molecule is Cn1c(=O)c2nc(-c3ccccc3)nnc2n([C@@H]2O[C@H](COC(=O)c3ccccc3)[C@@H](OC(=O)c3ccccc3)[C@H]2OC(=O)c2ccccc2)c1=O. The number of benzene rings is 4. The molecule has 7 rings (SSSR count). The lowest BCUT2D eigenvalue weighted by molar-refractivity contribution is -0.0627. The van der Waals surface area contributed by atoms with Crippen molar-refractivity contribution in [2.24, 2.45) is 7.05 Å². The average Bonchev–Trinajstić information content (AvgIpc) is 3.52. The Morgan fingerprint density at radius 1 is 0.673 bits per heavy atom. The van der Waals surface area contributed by atoms with E-state index in [1.165, 1.54) is 31.3 Å². The molecule has 0 amide bonds. The minimum atomic E-state index is -1.58. The van der Waals surface area contributed by atoms with E-state index in [0.717, 1.165) is 9.13 Å². The number of aromatic nitrogens is 5. The van der Waals surface area contributed by atoms with Gasteiger partial charge in [0.25, 0.3) is 5.56 Å². The first kappa shape index (κ1) is 33.7. The summed E-state index contributed by atoms with van der Waals surface area (Å²) in [5.74, 6) is -2.22. The molecule has 260 valence electrons. The highest BCUT2D eigenvalue weighted by atomic mass is 16.7. The number of fused-ring (bicyclic) bond motifs is 1. The summed E-state index contributed by atoms with van der Waals surface area (Å²) in [4.78, 5) is 72.0. The molecule has 0 spiro atoms. The second-order valence-electron chi connectivity index (χ2n) is 11.7. The Bertz CT molecular complexity index is 2370. The van der Waals surface area contributed by atoms with Gasteiger partial charge >= 0.3 is 23.6 Å². The molecule has 4 aromatic carbocycles. The Morgan fingerprint density at radius 2 is 1.17 bits per heavy atom. The zero-order valence-corrected chi connectivity index (χ0v) is 27.5. The highest BCUT2D eigenvalue weighted by Gasteiger charge is 2.52. The van der Waals surface area contributed by atoms with Crippen LogP contribution in [-0.2, 0) is 26.0 Å². The summed E-state index contributed by atoms with van der Waals surface area (Å²) in [5.41, 5.74) is -1.05. The molecule has 1 saturated heterocycles. The maximum Gasteiger partial charge on any atom is 0.338 e. The normalized spacial score (nSPS) is 18.1. The molecule has 0 bridgehead atoms. The Balaban J connectivity index is 1.35. The molecule has 6 aromatic rings. The molecule has 4 atom stereocenters. The molecule has 2 aromatic heterocycles. The minimum absolute atomic E-state index is 0.121. The van der Waals surface area contributed by atoms with E-state index in [1.807, 2.05) is 0 Å². The zero-order chi connectivity index (χ0) is 36.2. The van der Waals surface area contributed by atoms with E-state index in [-0.39, 0.29) is 33.7 Å². The van der Waals surface area contributed by atoms with Crippen LogP contribution in [0, 0.1) is 0 Å². The maximum atomic E-state index is 14.0. The molecule has 0 saturated carbocycles. The Hall–Kier alpha value is -6.80. The minimum Gasteiger partial charge on any atom is -0.459 e. The fourth-order valence-corrected chi connectivity index (χ4v) is 5.73. The first-order valence-electron chi connectivity index (χ1n) is 16.1. The van der Waals surface area contributed by atoms with Gasteiger partial charge < -0.3 is 18.9 Å². The van der Waals surface area contributed by atoms with Gasteiger partial charge in [0.15, 0.2) is 35.4 Å². The molecule has 1 fully saturated rings. The molecule has 14 heteroatoms. The van der Waals surface area contributed by atoms with E-state index in [2.05, 4.69) is 15.2 Å². The van der Waals surface area contributed by atoms with Crippen molar-refractivity contribution in [2.45, 2.75) is 24.5 Å². The van der Waals surface area contributed by atoms with Crippen LogP contribution in [0.15, 0.2) is 131 Å².